The predicted molar refractivity (Wildman–Crippen MR) is 128 cm³/mol. The number of hydrogen-bond donors (Lipinski definition) is 1. The van der Waals surface area contributed by atoms with Crippen LogP contribution in [0.15, 0.2) is 95.8 Å². The number of hydrogen-bond acceptors (Lipinski definition) is 6. The first-order valence-electron chi connectivity index (χ1n) is 10.2. The summed E-state index contributed by atoms with van der Waals surface area (Å²) in [7, 11) is 0. The molecular formula is C25H18N4O3S. The molecule has 0 saturated heterocycles. The van der Waals surface area contributed by atoms with Gasteiger partial charge in [-0.1, -0.05) is 59.9 Å². The Balaban J connectivity index is 1.33. The number of fused-ring (bicyclic) bond motifs is 1. The van der Waals surface area contributed by atoms with Crippen LogP contribution in [0.1, 0.15) is 16.1 Å². The lowest BCUT2D eigenvalue weighted by atomic mass is 10.2. The van der Waals surface area contributed by atoms with Crippen molar-refractivity contribution in [1.82, 2.24) is 14.8 Å². The molecule has 0 atom stereocenters. The molecule has 2 heterocycles. The standard InChI is InChI=1S/C25H18N4O3S/c30-23-14-13-21(28-29(23)16-17-7-3-1-4-8-17)24(31)27-25-26-20-12-11-19(15-22(20)33-25)32-18-9-5-2-6-10-18/h1-15H,16H2,(H,26,27,31). The van der Waals surface area contributed by atoms with Gasteiger partial charge >= 0.3 is 0 Å². The molecule has 0 bridgehead atoms. The van der Waals surface area contributed by atoms with Gasteiger partial charge in [-0.25, -0.2) is 9.67 Å². The summed E-state index contributed by atoms with van der Waals surface area (Å²) >= 11 is 1.34. The fourth-order valence-corrected chi connectivity index (χ4v) is 4.14. The molecule has 0 saturated carbocycles. The van der Waals surface area contributed by atoms with E-state index in [0.29, 0.717) is 10.9 Å². The first-order chi connectivity index (χ1) is 16.1. The third kappa shape index (κ3) is 4.81. The van der Waals surface area contributed by atoms with Gasteiger partial charge in [0.25, 0.3) is 11.5 Å². The highest BCUT2D eigenvalue weighted by molar-refractivity contribution is 7.22. The number of para-hydroxylation sites is 1. The average molecular weight is 455 g/mol. The quantitative estimate of drug-likeness (QED) is 0.393. The molecule has 162 valence electrons. The van der Waals surface area contributed by atoms with Gasteiger partial charge in [0.2, 0.25) is 0 Å². The minimum absolute atomic E-state index is 0.137. The van der Waals surface area contributed by atoms with Crippen molar-refractivity contribution in [3.05, 3.63) is 113 Å². The van der Waals surface area contributed by atoms with Crippen molar-refractivity contribution < 1.29 is 9.53 Å². The zero-order valence-electron chi connectivity index (χ0n) is 17.3. The first-order valence-corrected chi connectivity index (χ1v) is 11.0. The number of benzene rings is 3. The van der Waals surface area contributed by atoms with E-state index in [-0.39, 0.29) is 17.8 Å². The second kappa shape index (κ2) is 9.05. The lowest BCUT2D eigenvalue weighted by Gasteiger charge is -2.07. The van der Waals surface area contributed by atoms with E-state index in [4.69, 9.17) is 4.74 Å². The van der Waals surface area contributed by atoms with E-state index >= 15 is 0 Å². The minimum Gasteiger partial charge on any atom is -0.457 e. The van der Waals surface area contributed by atoms with Crippen LogP contribution in [0.3, 0.4) is 0 Å². The molecule has 0 aliphatic carbocycles. The minimum atomic E-state index is -0.434. The highest BCUT2D eigenvalue weighted by Gasteiger charge is 2.14. The van der Waals surface area contributed by atoms with E-state index in [1.807, 2.05) is 78.9 Å². The van der Waals surface area contributed by atoms with Crippen LogP contribution >= 0.6 is 11.3 Å². The molecule has 7 nitrogen and oxygen atoms in total. The SMILES string of the molecule is O=C(Nc1nc2ccc(Oc3ccccc3)cc2s1)c1ccc(=O)n(Cc2ccccc2)n1. The lowest BCUT2D eigenvalue weighted by Crippen LogP contribution is -2.26. The number of nitrogens with one attached hydrogen (secondary N) is 1. The van der Waals surface area contributed by atoms with Crippen molar-refractivity contribution in [1.29, 1.82) is 0 Å². The van der Waals surface area contributed by atoms with Crippen LogP contribution in [0.2, 0.25) is 0 Å². The van der Waals surface area contributed by atoms with E-state index in [9.17, 15) is 9.59 Å². The Morgan fingerprint density at radius 3 is 2.45 bits per heavy atom. The monoisotopic (exact) mass is 454 g/mol. The number of thiazole rings is 1. The van der Waals surface area contributed by atoms with Crippen LogP contribution in [0.5, 0.6) is 11.5 Å². The molecule has 0 spiro atoms. The Bertz CT molecular complexity index is 1480. The summed E-state index contributed by atoms with van der Waals surface area (Å²) in [6, 6.07) is 27.3. The van der Waals surface area contributed by atoms with Gasteiger partial charge in [-0.05, 0) is 35.9 Å². The van der Waals surface area contributed by atoms with Gasteiger partial charge in [-0.15, -0.1) is 0 Å². The predicted octanol–water partition coefficient (Wildman–Crippen LogP) is 4.95. The molecule has 0 fully saturated rings. The van der Waals surface area contributed by atoms with Crippen LogP contribution in [-0.2, 0) is 6.54 Å². The maximum Gasteiger partial charge on any atom is 0.277 e. The maximum atomic E-state index is 12.8. The second-order valence-electron chi connectivity index (χ2n) is 7.22. The molecule has 0 aliphatic heterocycles. The van der Waals surface area contributed by atoms with Crippen molar-refractivity contribution in [3.8, 4) is 11.5 Å². The molecule has 0 radical (unpaired) electrons. The number of anilines is 1. The van der Waals surface area contributed by atoms with Gasteiger partial charge in [0.05, 0.1) is 16.8 Å². The molecular weight excluding hydrogens is 436 g/mol. The van der Waals surface area contributed by atoms with Gasteiger partial charge in [-0.3, -0.25) is 14.9 Å². The fraction of sp³-hybridized carbons (Fsp3) is 0.0400. The number of carbonyl (C=O) groups excluding carboxylic acids is 1. The Labute approximate surface area is 192 Å². The van der Waals surface area contributed by atoms with Gasteiger partial charge in [0, 0.05) is 12.1 Å². The molecule has 33 heavy (non-hydrogen) atoms. The smallest absolute Gasteiger partial charge is 0.277 e. The molecule has 1 amide bonds. The fourth-order valence-electron chi connectivity index (χ4n) is 3.25. The normalized spacial score (nSPS) is 10.8. The molecule has 5 aromatic rings. The van der Waals surface area contributed by atoms with Crippen molar-refractivity contribution >= 4 is 32.6 Å². The Morgan fingerprint density at radius 2 is 1.67 bits per heavy atom. The van der Waals surface area contributed by atoms with Crippen LogP contribution in [0.4, 0.5) is 5.13 Å². The average Bonchev–Trinajstić information content (AvgIpc) is 3.23. The second-order valence-corrected chi connectivity index (χ2v) is 8.25. The first kappa shape index (κ1) is 20.6. The maximum absolute atomic E-state index is 12.8. The van der Waals surface area contributed by atoms with Crippen molar-refractivity contribution in [2.24, 2.45) is 0 Å². The van der Waals surface area contributed by atoms with E-state index in [1.165, 1.54) is 28.2 Å². The molecule has 8 heteroatoms. The molecule has 2 aromatic heterocycles. The summed E-state index contributed by atoms with van der Waals surface area (Å²) in [5.74, 6) is 0.994. The zero-order valence-corrected chi connectivity index (χ0v) is 18.2. The van der Waals surface area contributed by atoms with E-state index in [0.717, 1.165) is 21.5 Å². The number of nitrogens with zero attached hydrogens (tertiary/aromatic N) is 3. The summed E-state index contributed by atoms with van der Waals surface area (Å²) in [5.41, 5.74) is 1.53. The highest BCUT2D eigenvalue weighted by Crippen LogP contribution is 2.31. The largest absolute Gasteiger partial charge is 0.457 e. The molecule has 3 aromatic carbocycles. The summed E-state index contributed by atoms with van der Waals surface area (Å²) < 4.78 is 8.02. The number of aromatic nitrogens is 3. The molecule has 1 N–H and O–H groups in total. The topological polar surface area (TPSA) is 86.1 Å². The number of amides is 1. The van der Waals surface area contributed by atoms with Gasteiger partial charge in [-0.2, -0.15) is 5.10 Å². The Kier molecular flexibility index (Phi) is 5.65. The number of carbonyl (C=O) groups is 1. The van der Waals surface area contributed by atoms with Gasteiger partial charge in [0.1, 0.15) is 17.2 Å². The van der Waals surface area contributed by atoms with Crippen LogP contribution in [0.25, 0.3) is 10.2 Å². The van der Waals surface area contributed by atoms with E-state index in [2.05, 4.69) is 15.4 Å². The van der Waals surface area contributed by atoms with Crippen LogP contribution < -0.4 is 15.6 Å². The molecule has 0 aliphatic rings. The number of ether oxygens (including phenoxy) is 1. The number of rotatable bonds is 6. The van der Waals surface area contributed by atoms with Gasteiger partial charge in [0.15, 0.2) is 5.13 Å². The van der Waals surface area contributed by atoms with Crippen molar-refractivity contribution in [2.45, 2.75) is 6.54 Å². The summed E-state index contributed by atoms with van der Waals surface area (Å²) in [5, 5.41) is 7.44. The van der Waals surface area contributed by atoms with Crippen LogP contribution in [0, 0.1) is 0 Å². The van der Waals surface area contributed by atoms with E-state index < -0.39 is 5.91 Å². The van der Waals surface area contributed by atoms with Crippen LogP contribution in [-0.4, -0.2) is 20.7 Å². The Hall–Kier alpha value is -4.30. The summed E-state index contributed by atoms with van der Waals surface area (Å²) in [6.07, 6.45) is 0. The summed E-state index contributed by atoms with van der Waals surface area (Å²) in [6.45, 7) is 0.284. The van der Waals surface area contributed by atoms with Crippen molar-refractivity contribution in [2.75, 3.05) is 5.32 Å². The van der Waals surface area contributed by atoms with Gasteiger partial charge < -0.3 is 4.74 Å². The highest BCUT2D eigenvalue weighted by atomic mass is 32.1. The molecule has 5 rings (SSSR count). The zero-order chi connectivity index (χ0) is 22.6. The Morgan fingerprint density at radius 1 is 0.909 bits per heavy atom. The lowest BCUT2D eigenvalue weighted by molar-refractivity contribution is 0.102. The van der Waals surface area contributed by atoms with Crippen molar-refractivity contribution in [3.63, 3.8) is 0 Å². The molecule has 0 unspecified atom stereocenters. The third-order valence-electron chi connectivity index (χ3n) is 4.83. The van der Waals surface area contributed by atoms with E-state index in [1.54, 1.807) is 0 Å². The third-order valence-corrected chi connectivity index (χ3v) is 5.77. The summed E-state index contributed by atoms with van der Waals surface area (Å²) in [4.78, 5) is 29.4.